The van der Waals surface area contributed by atoms with E-state index >= 15 is 0 Å². The molecule has 5 aromatic rings. The number of H-pyrrole nitrogens is 1. The Bertz CT molecular complexity index is 1780. The number of fused-ring (bicyclic) bond motifs is 1. The molecule has 1 saturated carbocycles. The first kappa shape index (κ1) is 32.2. The molecule has 2 atom stereocenters. The fraction of sp³-hybridized carbons (Fsp3) is 0.389. The molecular formula is C36H42N4O5S. The lowest BCUT2D eigenvalue weighted by molar-refractivity contribution is -0.0238. The smallest absolute Gasteiger partial charge is 0.248 e. The number of phenolic OH excluding ortho intramolecular Hbond substituents is 1. The molecule has 2 aromatic carbocycles. The van der Waals surface area contributed by atoms with Gasteiger partial charge >= 0.3 is 0 Å². The first-order valence-corrected chi connectivity index (χ1v) is 17.0. The number of pyridine rings is 1. The van der Waals surface area contributed by atoms with E-state index in [0.717, 1.165) is 56.5 Å². The van der Waals surface area contributed by atoms with E-state index in [1.807, 2.05) is 30.3 Å². The Labute approximate surface area is 272 Å². The third-order valence-electron chi connectivity index (χ3n) is 9.04. The molecule has 1 aliphatic rings. The van der Waals surface area contributed by atoms with Crippen LogP contribution in [0.3, 0.4) is 0 Å². The predicted molar refractivity (Wildman–Crippen MR) is 180 cm³/mol. The number of aliphatic hydroxyl groups is 2. The molecule has 6 rings (SSSR count). The van der Waals surface area contributed by atoms with Crippen LogP contribution in [0.5, 0.6) is 5.75 Å². The highest BCUT2D eigenvalue weighted by Crippen LogP contribution is 2.43. The summed E-state index contributed by atoms with van der Waals surface area (Å²) in [6, 6.07) is 18.2. The summed E-state index contributed by atoms with van der Waals surface area (Å²) in [4.78, 5) is 20.1. The molecule has 6 N–H and O–H groups in total. The highest BCUT2D eigenvalue weighted by molar-refractivity contribution is 7.10. The average Bonchev–Trinajstić information content (AvgIpc) is 3.76. The van der Waals surface area contributed by atoms with Gasteiger partial charge in [0.05, 0.1) is 17.8 Å². The molecule has 46 heavy (non-hydrogen) atoms. The Morgan fingerprint density at radius 2 is 1.83 bits per heavy atom. The molecule has 10 heteroatoms. The normalized spacial score (nSPS) is 16.0. The van der Waals surface area contributed by atoms with Crippen LogP contribution in [0, 0.1) is 5.92 Å². The van der Waals surface area contributed by atoms with Crippen LogP contribution < -0.4 is 16.2 Å². The van der Waals surface area contributed by atoms with Crippen LogP contribution in [0.25, 0.3) is 10.9 Å². The van der Waals surface area contributed by atoms with Gasteiger partial charge in [0.1, 0.15) is 11.5 Å². The summed E-state index contributed by atoms with van der Waals surface area (Å²) in [7, 11) is 0. The van der Waals surface area contributed by atoms with Crippen molar-refractivity contribution in [1.82, 2.24) is 20.6 Å². The summed E-state index contributed by atoms with van der Waals surface area (Å²) >= 11 is 1.72. The minimum atomic E-state index is -1.21. The standard InChI is InChI=1S/C36H42N4O5S/c41-31-13-11-29(30-12-14-33(43)40-34(30)31)32(42)22-38-17-15-24-19-28(46-23-24)21-37-18-16-27-20-39-35(45-27)36(44,25-7-3-1-4-8-25)26-9-5-2-6-10-26/h1,3-4,7-8,11-14,19-20,23,26,32,37-38,41-42,44H,2,5-6,9-10,15-18,21-22H2,(H,40,43). The number of aromatic amines is 1. The zero-order valence-electron chi connectivity index (χ0n) is 25.9. The Hall–Kier alpha value is -3.80. The quantitative estimate of drug-likeness (QED) is 0.0897. The van der Waals surface area contributed by atoms with Crippen LogP contribution >= 0.6 is 11.3 Å². The van der Waals surface area contributed by atoms with E-state index in [1.165, 1.54) is 29.0 Å². The van der Waals surface area contributed by atoms with Gasteiger partial charge in [-0.05, 0) is 66.1 Å². The van der Waals surface area contributed by atoms with Gasteiger partial charge in [-0.15, -0.1) is 11.3 Å². The van der Waals surface area contributed by atoms with Crippen LogP contribution in [0.1, 0.15) is 71.4 Å². The number of aromatic nitrogens is 2. The van der Waals surface area contributed by atoms with Crippen LogP contribution in [-0.4, -0.2) is 44.9 Å². The monoisotopic (exact) mass is 642 g/mol. The van der Waals surface area contributed by atoms with Crippen molar-refractivity contribution >= 4 is 22.2 Å². The van der Waals surface area contributed by atoms with E-state index in [-0.39, 0.29) is 17.2 Å². The Morgan fingerprint density at radius 1 is 1.02 bits per heavy atom. The molecule has 0 aliphatic heterocycles. The maximum Gasteiger partial charge on any atom is 0.248 e. The van der Waals surface area contributed by atoms with Crippen molar-refractivity contribution in [1.29, 1.82) is 0 Å². The predicted octanol–water partition coefficient (Wildman–Crippen LogP) is 5.30. The van der Waals surface area contributed by atoms with Crippen LogP contribution in [0.2, 0.25) is 0 Å². The minimum Gasteiger partial charge on any atom is -0.506 e. The molecule has 0 spiro atoms. The number of hydrogen-bond donors (Lipinski definition) is 6. The van der Waals surface area contributed by atoms with Gasteiger partial charge in [-0.1, -0.05) is 55.7 Å². The third-order valence-corrected chi connectivity index (χ3v) is 10.0. The summed E-state index contributed by atoms with van der Waals surface area (Å²) in [5, 5.41) is 42.5. The van der Waals surface area contributed by atoms with E-state index in [4.69, 9.17) is 4.42 Å². The lowest BCUT2D eigenvalue weighted by Gasteiger charge is -2.36. The molecule has 2 unspecified atom stereocenters. The van der Waals surface area contributed by atoms with E-state index in [9.17, 15) is 20.1 Å². The number of nitrogens with one attached hydrogen (secondary N) is 3. The number of aromatic hydroxyl groups is 1. The second-order valence-corrected chi connectivity index (χ2v) is 13.2. The molecular weight excluding hydrogens is 600 g/mol. The molecule has 0 bridgehead atoms. The molecule has 1 aliphatic carbocycles. The first-order valence-electron chi connectivity index (χ1n) is 16.2. The highest BCUT2D eigenvalue weighted by Gasteiger charge is 2.44. The van der Waals surface area contributed by atoms with Gasteiger partial charge in [0.2, 0.25) is 11.4 Å². The van der Waals surface area contributed by atoms with Gasteiger partial charge in [-0.2, -0.15) is 0 Å². The van der Waals surface area contributed by atoms with Crippen molar-refractivity contribution in [3.63, 3.8) is 0 Å². The fourth-order valence-electron chi connectivity index (χ4n) is 6.55. The van der Waals surface area contributed by atoms with Gasteiger partial charge in [-0.3, -0.25) is 4.79 Å². The molecule has 3 aromatic heterocycles. The van der Waals surface area contributed by atoms with Crippen molar-refractivity contribution in [2.24, 2.45) is 5.92 Å². The molecule has 0 amide bonds. The summed E-state index contributed by atoms with van der Waals surface area (Å²) in [6.07, 6.45) is 7.86. The Balaban J connectivity index is 0.954. The Morgan fingerprint density at radius 3 is 2.65 bits per heavy atom. The molecule has 0 saturated heterocycles. The second kappa shape index (κ2) is 14.7. The second-order valence-electron chi connectivity index (χ2n) is 12.2. The number of hydrogen-bond acceptors (Lipinski definition) is 9. The van der Waals surface area contributed by atoms with E-state index in [2.05, 4.69) is 32.0 Å². The van der Waals surface area contributed by atoms with Crippen molar-refractivity contribution < 1.29 is 19.7 Å². The van der Waals surface area contributed by atoms with Crippen molar-refractivity contribution in [2.75, 3.05) is 19.6 Å². The van der Waals surface area contributed by atoms with Crippen LogP contribution in [-0.2, 0) is 25.0 Å². The zero-order chi connectivity index (χ0) is 31.9. The SMILES string of the molecule is O=c1ccc2c(C(O)CNCCc3csc(CNCCc4cnc(C(O)(c5ccccc5)C5CCCCC5)o4)c3)ccc(O)c2[nH]1. The van der Waals surface area contributed by atoms with Gasteiger partial charge in [0, 0.05) is 48.3 Å². The number of benzene rings is 2. The number of thiophene rings is 1. The first-order chi connectivity index (χ1) is 22.4. The highest BCUT2D eigenvalue weighted by atomic mass is 32.1. The molecule has 9 nitrogen and oxygen atoms in total. The molecule has 3 heterocycles. The molecule has 242 valence electrons. The number of aliphatic hydroxyl groups excluding tert-OH is 1. The fourth-order valence-corrected chi connectivity index (χ4v) is 7.44. The van der Waals surface area contributed by atoms with Crippen molar-refractivity contribution in [3.05, 3.63) is 116 Å². The summed E-state index contributed by atoms with van der Waals surface area (Å²) in [6.45, 7) is 2.54. The number of nitrogens with zero attached hydrogens (tertiary/aromatic N) is 1. The van der Waals surface area contributed by atoms with Gasteiger partial charge in [0.25, 0.3) is 0 Å². The third kappa shape index (κ3) is 7.27. The van der Waals surface area contributed by atoms with E-state index in [0.29, 0.717) is 41.9 Å². The lowest BCUT2D eigenvalue weighted by Crippen LogP contribution is -2.38. The lowest BCUT2D eigenvalue weighted by atomic mass is 9.73. The molecule has 0 radical (unpaired) electrons. The van der Waals surface area contributed by atoms with Gasteiger partial charge in [-0.25, -0.2) is 4.98 Å². The largest absolute Gasteiger partial charge is 0.506 e. The van der Waals surface area contributed by atoms with Crippen molar-refractivity contribution in [3.8, 4) is 5.75 Å². The zero-order valence-corrected chi connectivity index (χ0v) is 26.7. The minimum absolute atomic E-state index is 0.0204. The number of rotatable bonds is 14. The topological polar surface area (TPSA) is 144 Å². The number of oxazole rings is 1. The van der Waals surface area contributed by atoms with Crippen LogP contribution in [0.15, 0.2) is 81.5 Å². The number of phenols is 1. The van der Waals surface area contributed by atoms with E-state index in [1.54, 1.807) is 29.7 Å². The van der Waals surface area contributed by atoms with Gasteiger partial charge in [0.15, 0.2) is 5.60 Å². The van der Waals surface area contributed by atoms with Crippen LogP contribution in [0.4, 0.5) is 0 Å². The average molecular weight is 643 g/mol. The van der Waals surface area contributed by atoms with E-state index < -0.39 is 11.7 Å². The summed E-state index contributed by atoms with van der Waals surface area (Å²) in [5.41, 5.74) is 1.55. The molecule has 1 fully saturated rings. The van der Waals surface area contributed by atoms with Crippen molar-refractivity contribution in [2.45, 2.75) is 63.2 Å². The summed E-state index contributed by atoms with van der Waals surface area (Å²) in [5.74, 6) is 1.24. The summed E-state index contributed by atoms with van der Waals surface area (Å²) < 4.78 is 6.20. The maximum atomic E-state index is 12.0. The van der Waals surface area contributed by atoms with Gasteiger partial charge < -0.3 is 35.4 Å². The Kier molecular flexibility index (Phi) is 10.3. The maximum absolute atomic E-state index is 12.0.